The van der Waals surface area contributed by atoms with Crippen molar-refractivity contribution < 1.29 is 0 Å². The largest absolute Gasteiger partial charge is 0.384 e. The monoisotopic (exact) mass is 271 g/mol. The fourth-order valence-electron chi connectivity index (χ4n) is 0.316. The van der Waals surface area contributed by atoms with Gasteiger partial charge >= 0.3 is 0 Å². The maximum Gasteiger partial charge on any atom is 0.0340 e. The summed E-state index contributed by atoms with van der Waals surface area (Å²) >= 11 is 1.98. The van der Waals surface area contributed by atoms with Gasteiger partial charge in [-0.1, -0.05) is 27.0 Å². The first-order valence-electron chi connectivity index (χ1n) is 2.99. The second kappa shape index (κ2) is 12.0. The van der Waals surface area contributed by atoms with E-state index in [1.54, 1.807) is 0 Å². The Morgan fingerprint density at radius 2 is 2.00 bits per heavy atom. The number of allylic oxidation sites excluding steroid dienone is 1. The van der Waals surface area contributed by atoms with Gasteiger partial charge in [-0.05, 0) is 12.6 Å². The lowest BCUT2D eigenvalue weighted by atomic mass is 10.5. The molecule has 0 aromatic rings. The van der Waals surface area contributed by atoms with Crippen LogP contribution in [0.3, 0.4) is 0 Å². The molecule has 0 radical (unpaired) electrons. The molecular weight excluding hydrogens is 257 g/mol. The molecule has 0 amide bonds. The molecule has 0 rings (SSSR count). The molecule has 0 bridgehead atoms. The van der Waals surface area contributed by atoms with Crippen molar-refractivity contribution in [2.45, 2.75) is 13.3 Å². The second-order valence-electron chi connectivity index (χ2n) is 1.85. The summed E-state index contributed by atoms with van der Waals surface area (Å²) in [5.41, 5.74) is 4.75. The molecule has 0 aromatic carbocycles. The van der Waals surface area contributed by atoms with E-state index >= 15 is 0 Å². The Balaban J connectivity index is 0. The smallest absolute Gasteiger partial charge is 0.0340 e. The highest BCUT2D eigenvalue weighted by Gasteiger charge is 1.69. The summed E-state index contributed by atoms with van der Waals surface area (Å²) in [7, 11) is 5.26. The third kappa shape index (κ3) is 24.0. The van der Waals surface area contributed by atoms with Crippen molar-refractivity contribution >= 4 is 29.5 Å². The molecule has 0 aliphatic rings. The number of halogens is 1. The van der Waals surface area contributed by atoms with Crippen LogP contribution < -0.4 is 0 Å². The predicted octanol–water partition coefficient (Wildman–Crippen LogP) is 3.13. The lowest BCUT2D eigenvalue weighted by molar-refractivity contribution is 0.561. The fraction of sp³-hybridized carbons (Fsp3) is 0.571. The Kier molecular flexibility index (Phi) is 15.5. The first-order valence-corrected chi connectivity index (χ1v) is 6.41. The highest BCUT2D eigenvalue weighted by Crippen LogP contribution is 1.86. The van der Waals surface area contributed by atoms with Gasteiger partial charge in [0.15, 0.2) is 0 Å². The molecule has 0 fully saturated rings. The minimum atomic E-state index is 1.12. The van der Waals surface area contributed by atoms with Crippen LogP contribution >= 0.6 is 29.5 Å². The van der Waals surface area contributed by atoms with Crippen molar-refractivity contribution in [2.24, 2.45) is 0 Å². The van der Waals surface area contributed by atoms with E-state index in [0.29, 0.717) is 0 Å². The molecule has 1 nitrogen and oxygen atoms in total. The summed E-state index contributed by atoms with van der Waals surface area (Å²) in [5, 5.41) is 0. The van der Waals surface area contributed by atoms with E-state index in [-0.39, 0.29) is 0 Å². The van der Waals surface area contributed by atoms with Crippen molar-refractivity contribution in [3.05, 3.63) is 12.3 Å². The molecule has 60 valence electrons. The molecule has 0 aliphatic heterocycles. The van der Waals surface area contributed by atoms with Gasteiger partial charge in [0.25, 0.3) is 0 Å². The number of hydrogen-bond donors (Lipinski definition) is 0. The van der Waals surface area contributed by atoms with E-state index in [0.717, 1.165) is 6.42 Å². The predicted molar refractivity (Wildman–Crippen MR) is 59.7 cm³/mol. The average Bonchev–Trinajstić information content (AvgIpc) is 1.85. The van der Waals surface area contributed by atoms with Crippen LogP contribution in [0.25, 0.3) is 0 Å². The van der Waals surface area contributed by atoms with Crippen molar-refractivity contribution in [1.82, 2.24) is 4.90 Å². The van der Waals surface area contributed by atoms with Gasteiger partial charge in [0, 0.05) is 35.3 Å². The SMILES string of the molecule is C#SI.CC/C=C/N(C)C. The Bertz CT molecular complexity index is 115. The molecule has 0 N–H and O–H groups in total. The van der Waals surface area contributed by atoms with E-state index in [2.05, 4.69) is 19.2 Å². The second-order valence-corrected chi connectivity index (χ2v) is 3.55. The average molecular weight is 271 g/mol. The van der Waals surface area contributed by atoms with Crippen LogP contribution in [0.2, 0.25) is 0 Å². The van der Waals surface area contributed by atoms with Crippen molar-refractivity contribution in [3.63, 3.8) is 0 Å². The van der Waals surface area contributed by atoms with Crippen LogP contribution in [0, 0.1) is 5.69 Å². The quantitative estimate of drug-likeness (QED) is 0.697. The van der Waals surface area contributed by atoms with Crippen LogP contribution in [0.1, 0.15) is 13.3 Å². The van der Waals surface area contributed by atoms with Crippen molar-refractivity contribution in [1.29, 1.82) is 0 Å². The molecule has 0 aliphatic carbocycles. The van der Waals surface area contributed by atoms with Gasteiger partial charge in [0.2, 0.25) is 0 Å². The molecule has 0 spiro atoms. The molecule has 0 atom stereocenters. The van der Waals surface area contributed by atoms with Crippen molar-refractivity contribution in [3.8, 4) is 5.69 Å². The normalized spacial score (nSPS) is 8.30. The van der Waals surface area contributed by atoms with Gasteiger partial charge < -0.3 is 4.90 Å². The minimum absolute atomic E-state index is 1.12. The molecule has 0 saturated carbocycles. The van der Waals surface area contributed by atoms with Gasteiger partial charge in [-0.25, -0.2) is 0 Å². The Hall–Kier alpha value is 0.270. The molecule has 10 heavy (non-hydrogen) atoms. The maximum absolute atomic E-state index is 4.75. The number of nitrogens with zero attached hydrogens (tertiary/aromatic N) is 1. The van der Waals surface area contributed by atoms with Gasteiger partial charge in [-0.3, -0.25) is 0 Å². The third-order valence-corrected chi connectivity index (χ3v) is 0.639. The van der Waals surface area contributed by atoms with E-state index < -0.39 is 0 Å². The molecule has 0 saturated heterocycles. The van der Waals surface area contributed by atoms with Crippen LogP contribution in [0.4, 0.5) is 0 Å². The van der Waals surface area contributed by atoms with Crippen molar-refractivity contribution in [2.75, 3.05) is 14.1 Å². The summed E-state index contributed by atoms with van der Waals surface area (Å²) < 4.78 is 0. The zero-order valence-electron chi connectivity index (χ0n) is 6.67. The van der Waals surface area contributed by atoms with E-state index in [1.807, 2.05) is 40.2 Å². The minimum Gasteiger partial charge on any atom is -0.384 e. The van der Waals surface area contributed by atoms with Gasteiger partial charge in [-0.15, -0.1) is 0 Å². The summed E-state index contributed by atoms with van der Waals surface area (Å²) in [5.74, 6) is 0. The zero-order chi connectivity index (χ0) is 8.41. The fourth-order valence-corrected chi connectivity index (χ4v) is 0.316. The van der Waals surface area contributed by atoms with Crippen LogP contribution in [0.5, 0.6) is 0 Å². The van der Waals surface area contributed by atoms with E-state index in [4.69, 9.17) is 5.69 Å². The lowest BCUT2D eigenvalue weighted by Gasteiger charge is -2.00. The molecule has 0 heterocycles. The Morgan fingerprint density at radius 1 is 1.60 bits per heavy atom. The highest BCUT2D eigenvalue weighted by atomic mass is 127. The van der Waals surface area contributed by atoms with Crippen LogP contribution in [0.15, 0.2) is 12.3 Å². The Labute approximate surface area is 79.7 Å². The standard InChI is InChI=1S/C6H13N.CHIS/c1-4-5-6-7(2)3;1-3-2/h5-6H,4H2,1-3H3;1H/b6-5+;. The van der Waals surface area contributed by atoms with E-state index in [1.165, 1.54) is 8.34 Å². The summed E-state index contributed by atoms with van der Waals surface area (Å²) in [4.78, 5) is 2.03. The van der Waals surface area contributed by atoms with Gasteiger partial charge in [0.1, 0.15) is 0 Å². The highest BCUT2D eigenvalue weighted by molar-refractivity contribution is 14.2. The number of hydrogen-bond acceptors (Lipinski definition) is 1. The first kappa shape index (κ1) is 12.9. The lowest BCUT2D eigenvalue weighted by Crippen LogP contribution is -1.99. The molecule has 0 aromatic heterocycles. The topological polar surface area (TPSA) is 3.24 Å². The summed E-state index contributed by atoms with van der Waals surface area (Å²) in [6.07, 6.45) is 5.30. The third-order valence-electron chi connectivity index (χ3n) is 0.639. The number of rotatable bonds is 2. The molecule has 0 unspecified atom stereocenters. The van der Waals surface area contributed by atoms with E-state index in [9.17, 15) is 0 Å². The van der Waals surface area contributed by atoms with Crippen LogP contribution in [-0.2, 0) is 0 Å². The van der Waals surface area contributed by atoms with Crippen LogP contribution in [-0.4, -0.2) is 19.0 Å². The molecule has 3 heteroatoms. The Morgan fingerprint density at radius 3 is 2.10 bits per heavy atom. The van der Waals surface area contributed by atoms with Gasteiger partial charge in [0.05, 0.1) is 0 Å². The molecular formula is C7H14INS. The summed E-state index contributed by atoms with van der Waals surface area (Å²) in [6.45, 7) is 2.12. The van der Waals surface area contributed by atoms with Gasteiger partial charge in [-0.2, -0.15) is 0 Å². The summed E-state index contributed by atoms with van der Waals surface area (Å²) in [6, 6.07) is 0. The zero-order valence-corrected chi connectivity index (χ0v) is 9.65. The maximum atomic E-state index is 4.75. The first-order chi connectivity index (χ1) is 4.68.